The van der Waals surface area contributed by atoms with Crippen molar-refractivity contribution in [2.45, 2.75) is 57.4 Å². The molecule has 0 aromatic heterocycles. The van der Waals surface area contributed by atoms with E-state index in [0.29, 0.717) is 12.8 Å². The van der Waals surface area contributed by atoms with Gasteiger partial charge in [0.05, 0.1) is 0 Å². The molecule has 5 unspecified atom stereocenters. The number of halogens is 3. The first-order valence-electron chi connectivity index (χ1n) is 6.56. The first kappa shape index (κ1) is 14.6. The molecule has 0 aromatic carbocycles. The summed E-state index contributed by atoms with van der Waals surface area (Å²) in [7, 11) is 0. The molecule has 2 aliphatic carbocycles. The van der Waals surface area contributed by atoms with Crippen LogP contribution < -0.4 is 0 Å². The van der Waals surface area contributed by atoms with E-state index in [4.69, 9.17) is 4.74 Å². The average Bonchev–Trinajstić information content (AvgIpc) is 2.73. The Hall–Kier alpha value is -0.780. The second-order valence-electron chi connectivity index (χ2n) is 6.11. The van der Waals surface area contributed by atoms with E-state index in [1.165, 1.54) is 6.92 Å². The van der Waals surface area contributed by atoms with E-state index in [-0.39, 0.29) is 36.2 Å². The normalized spacial score (nSPS) is 37.2. The van der Waals surface area contributed by atoms with Gasteiger partial charge in [0, 0.05) is 6.92 Å². The van der Waals surface area contributed by atoms with Crippen molar-refractivity contribution < 1.29 is 27.8 Å². The van der Waals surface area contributed by atoms with Gasteiger partial charge in [0.15, 0.2) is 5.60 Å². The monoisotopic (exact) mass is 280 g/mol. The maximum Gasteiger partial charge on any atom is 0.416 e. The third-order valence-corrected chi connectivity index (χ3v) is 4.53. The number of hydrogen-bond donors (Lipinski definition) is 1. The van der Waals surface area contributed by atoms with Crippen molar-refractivity contribution in [3.63, 3.8) is 0 Å². The topological polar surface area (TPSA) is 46.5 Å². The van der Waals surface area contributed by atoms with Crippen LogP contribution in [-0.4, -0.2) is 29.0 Å². The Kier molecular flexibility index (Phi) is 3.58. The maximum atomic E-state index is 12.7. The first-order valence-corrected chi connectivity index (χ1v) is 6.56. The van der Waals surface area contributed by atoms with Crippen molar-refractivity contribution in [3.8, 4) is 0 Å². The van der Waals surface area contributed by atoms with Crippen LogP contribution in [0, 0.1) is 17.8 Å². The van der Waals surface area contributed by atoms with E-state index in [9.17, 15) is 23.1 Å². The third kappa shape index (κ3) is 2.88. The molecule has 2 bridgehead atoms. The van der Waals surface area contributed by atoms with E-state index in [1.807, 2.05) is 0 Å². The molecule has 3 nitrogen and oxygen atoms in total. The van der Waals surface area contributed by atoms with Crippen LogP contribution >= 0.6 is 0 Å². The number of esters is 1. The number of aliphatic hydroxyl groups is 1. The largest absolute Gasteiger partial charge is 0.462 e. The summed E-state index contributed by atoms with van der Waals surface area (Å²) >= 11 is 0. The standard InChI is InChI=1S/C13H19F3O3/c1-7(17)19-11-5-8-3-9(11)4-10(8)6-12(2,18)13(14,15)16/h8-11,18H,3-6H2,1-2H3. The Morgan fingerprint density at radius 1 is 1.26 bits per heavy atom. The van der Waals surface area contributed by atoms with Gasteiger partial charge in [-0.2, -0.15) is 13.2 Å². The number of carbonyl (C=O) groups excluding carboxylic acids is 1. The van der Waals surface area contributed by atoms with Crippen molar-refractivity contribution in [1.29, 1.82) is 0 Å². The molecule has 1 N–H and O–H groups in total. The van der Waals surface area contributed by atoms with Gasteiger partial charge < -0.3 is 9.84 Å². The minimum Gasteiger partial charge on any atom is -0.462 e. The summed E-state index contributed by atoms with van der Waals surface area (Å²) in [4.78, 5) is 10.9. The molecule has 0 spiro atoms. The lowest BCUT2D eigenvalue weighted by Crippen LogP contribution is -2.44. The Morgan fingerprint density at radius 3 is 2.32 bits per heavy atom. The van der Waals surface area contributed by atoms with Crippen LogP contribution in [0.2, 0.25) is 0 Å². The summed E-state index contributed by atoms with van der Waals surface area (Å²) in [6, 6.07) is 0. The maximum absolute atomic E-state index is 12.7. The van der Waals surface area contributed by atoms with Crippen molar-refractivity contribution in [1.82, 2.24) is 0 Å². The van der Waals surface area contributed by atoms with E-state index < -0.39 is 11.8 Å². The Balaban J connectivity index is 1.93. The molecule has 0 aliphatic heterocycles. The molecular weight excluding hydrogens is 261 g/mol. The molecule has 0 saturated heterocycles. The molecular formula is C13H19F3O3. The third-order valence-electron chi connectivity index (χ3n) is 4.53. The van der Waals surface area contributed by atoms with Crippen LogP contribution in [0.1, 0.15) is 39.5 Å². The number of ether oxygens (including phenoxy) is 1. The summed E-state index contributed by atoms with van der Waals surface area (Å²) in [5.74, 6) is -0.184. The number of rotatable bonds is 3. The van der Waals surface area contributed by atoms with Gasteiger partial charge in [-0.25, -0.2) is 0 Å². The van der Waals surface area contributed by atoms with Crippen molar-refractivity contribution in [2.24, 2.45) is 17.8 Å². The molecule has 0 radical (unpaired) electrons. The molecule has 2 aliphatic rings. The summed E-state index contributed by atoms with van der Waals surface area (Å²) < 4.78 is 43.1. The molecule has 0 amide bonds. The van der Waals surface area contributed by atoms with E-state index in [2.05, 4.69) is 0 Å². The lowest BCUT2D eigenvalue weighted by atomic mass is 9.80. The second kappa shape index (κ2) is 4.65. The van der Waals surface area contributed by atoms with Crippen LogP contribution in [-0.2, 0) is 9.53 Å². The van der Waals surface area contributed by atoms with Crippen LogP contribution in [0.4, 0.5) is 13.2 Å². The highest BCUT2D eigenvalue weighted by molar-refractivity contribution is 5.66. The molecule has 2 fully saturated rings. The summed E-state index contributed by atoms with van der Waals surface area (Å²) in [6.45, 7) is 2.18. The molecule has 6 heteroatoms. The number of fused-ring (bicyclic) bond motifs is 2. The average molecular weight is 280 g/mol. The molecule has 2 rings (SSSR count). The Morgan fingerprint density at radius 2 is 1.89 bits per heavy atom. The highest BCUT2D eigenvalue weighted by atomic mass is 19.4. The van der Waals surface area contributed by atoms with Gasteiger partial charge >= 0.3 is 12.1 Å². The lowest BCUT2D eigenvalue weighted by molar-refractivity contribution is -0.259. The van der Waals surface area contributed by atoms with Crippen LogP contribution in [0.25, 0.3) is 0 Å². The van der Waals surface area contributed by atoms with Gasteiger partial charge in [-0.15, -0.1) is 0 Å². The Labute approximate surface area is 110 Å². The number of carbonyl (C=O) groups is 1. The summed E-state index contributed by atoms with van der Waals surface area (Å²) in [5.41, 5.74) is -2.63. The zero-order valence-electron chi connectivity index (χ0n) is 11.0. The quantitative estimate of drug-likeness (QED) is 0.808. The Bertz CT molecular complexity index is 365. The molecule has 0 heterocycles. The van der Waals surface area contributed by atoms with Gasteiger partial charge in [-0.3, -0.25) is 4.79 Å². The second-order valence-corrected chi connectivity index (χ2v) is 6.11. The lowest BCUT2D eigenvalue weighted by Gasteiger charge is -2.34. The van der Waals surface area contributed by atoms with Crippen molar-refractivity contribution >= 4 is 5.97 Å². The predicted molar refractivity (Wildman–Crippen MR) is 61.2 cm³/mol. The van der Waals surface area contributed by atoms with Gasteiger partial charge in [-0.05, 0) is 50.4 Å². The summed E-state index contributed by atoms with van der Waals surface area (Å²) in [6.07, 6.45) is -2.96. The first-order chi connectivity index (χ1) is 8.60. The fourth-order valence-electron chi connectivity index (χ4n) is 3.58. The molecule has 0 aromatic rings. The number of alkyl halides is 3. The zero-order valence-corrected chi connectivity index (χ0v) is 11.0. The van der Waals surface area contributed by atoms with Crippen LogP contribution in [0.15, 0.2) is 0 Å². The minimum atomic E-state index is -4.59. The molecule has 5 atom stereocenters. The summed E-state index contributed by atoms with van der Waals surface area (Å²) in [5, 5.41) is 9.54. The fourth-order valence-corrected chi connectivity index (χ4v) is 3.58. The van der Waals surface area contributed by atoms with Gasteiger partial charge in [0.1, 0.15) is 6.10 Å². The molecule has 19 heavy (non-hydrogen) atoms. The predicted octanol–water partition coefficient (Wildman–Crippen LogP) is 2.67. The van der Waals surface area contributed by atoms with E-state index in [1.54, 1.807) is 0 Å². The van der Waals surface area contributed by atoms with Crippen molar-refractivity contribution in [2.75, 3.05) is 0 Å². The van der Waals surface area contributed by atoms with E-state index >= 15 is 0 Å². The highest BCUT2D eigenvalue weighted by Gasteiger charge is 2.55. The van der Waals surface area contributed by atoms with Gasteiger partial charge in [0.2, 0.25) is 0 Å². The minimum absolute atomic E-state index is 0.128. The smallest absolute Gasteiger partial charge is 0.416 e. The van der Waals surface area contributed by atoms with Crippen LogP contribution in [0.5, 0.6) is 0 Å². The van der Waals surface area contributed by atoms with Crippen LogP contribution in [0.3, 0.4) is 0 Å². The fraction of sp³-hybridized carbons (Fsp3) is 0.923. The molecule has 2 saturated carbocycles. The van der Waals surface area contributed by atoms with Gasteiger partial charge in [0.25, 0.3) is 0 Å². The zero-order chi connectivity index (χ0) is 14.4. The molecule has 110 valence electrons. The SMILES string of the molecule is CC(=O)OC1CC2CC1CC2CC(C)(O)C(F)(F)F. The highest BCUT2D eigenvalue weighted by Crippen LogP contribution is 2.53. The van der Waals surface area contributed by atoms with Crippen molar-refractivity contribution in [3.05, 3.63) is 0 Å². The van der Waals surface area contributed by atoms with E-state index in [0.717, 1.165) is 13.3 Å². The van der Waals surface area contributed by atoms with Gasteiger partial charge in [-0.1, -0.05) is 0 Å². The number of hydrogen-bond acceptors (Lipinski definition) is 3.